The van der Waals surface area contributed by atoms with Crippen molar-refractivity contribution in [2.24, 2.45) is 7.05 Å². The van der Waals surface area contributed by atoms with Crippen LogP contribution in [0.15, 0.2) is 30.6 Å². The zero-order valence-corrected chi connectivity index (χ0v) is 17.0. The zero-order valence-electron chi connectivity index (χ0n) is 17.0. The van der Waals surface area contributed by atoms with Crippen LogP contribution in [0.2, 0.25) is 0 Å². The van der Waals surface area contributed by atoms with Crippen molar-refractivity contribution in [1.29, 1.82) is 0 Å². The second-order valence-corrected chi connectivity index (χ2v) is 7.22. The maximum absolute atomic E-state index is 13.0. The zero-order chi connectivity index (χ0) is 22.2. The van der Waals surface area contributed by atoms with Gasteiger partial charge in [0.15, 0.2) is 0 Å². The standard InChI is InChI=1S/C20H21F3N6O2/c1-3-31-18-10-16(28(2)27-18)19(30)25-14-5-4-6-15-13(14)11-29(26-15)12-7-8-24-17(9-12)20(21,22)23/h7-11,14H,3-6H2,1-2H3,(H,25,30)/t14-/m0/s1. The number of carbonyl (C=O) groups excluding carboxylic acids is 1. The molecule has 3 aromatic heterocycles. The van der Waals surface area contributed by atoms with Crippen molar-refractivity contribution in [2.45, 2.75) is 38.4 Å². The summed E-state index contributed by atoms with van der Waals surface area (Å²) in [6.07, 6.45) is 0.425. The summed E-state index contributed by atoms with van der Waals surface area (Å²) in [7, 11) is 1.66. The van der Waals surface area contributed by atoms with Gasteiger partial charge in [0, 0.05) is 31.1 Å². The number of hydrogen-bond acceptors (Lipinski definition) is 5. The minimum Gasteiger partial charge on any atom is -0.477 e. The molecule has 1 N–H and O–H groups in total. The van der Waals surface area contributed by atoms with Crippen LogP contribution >= 0.6 is 0 Å². The molecule has 1 amide bonds. The van der Waals surface area contributed by atoms with E-state index in [-0.39, 0.29) is 17.6 Å². The van der Waals surface area contributed by atoms with E-state index in [1.165, 1.54) is 15.4 Å². The molecule has 0 radical (unpaired) electrons. The van der Waals surface area contributed by atoms with Crippen LogP contribution in [0.3, 0.4) is 0 Å². The Bertz CT molecular complexity index is 1100. The molecular weight excluding hydrogens is 413 g/mol. The van der Waals surface area contributed by atoms with E-state index >= 15 is 0 Å². The van der Waals surface area contributed by atoms with Gasteiger partial charge in [-0.3, -0.25) is 14.5 Å². The Hall–Kier alpha value is -3.37. The first-order valence-corrected chi connectivity index (χ1v) is 9.86. The molecule has 0 aliphatic heterocycles. The summed E-state index contributed by atoms with van der Waals surface area (Å²) in [4.78, 5) is 16.2. The second kappa shape index (κ2) is 8.05. The molecule has 31 heavy (non-hydrogen) atoms. The van der Waals surface area contributed by atoms with Crippen molar-refractivity contribution in [3.05, 3.63) is 53.2 Å². The van der Waals surface area contributed by atoms with Crippen molar-refractivity contribution >= 4 is 5.91 Å². The highest BCUT2D eigenvalue weighted by Gasteiger charge is 2.33. The lowest BCUT2D eigenvalue weighted by atomic mass is 9.93. The van der Waals surface area contributed by atoms with E-state index in [0.717, 1.165) is 29.9 Å². The molecule has 1 atom stereocenters. The summed E-state index contributed by atoms with van der Waals surface area (Å²) in [6, 6.07) is 3.68. The van der Waals surface area contributed by atoms with Crippen molar-refractivity contribution < 1.29 is 22.7 Å². The molecule has 0 saturated carbocycles. The predicted molar refractivity (Wildman–Crippen MR) is 104 cm³/mol. The summed E-state index contributed by atoms with van der Waals surface area (Å²) in [6.45, 7) is 2.27. The third kappa shape index (κ3) is 4.25. The summed E-state index contributed by atoms with van der Waals surface area (Å²) in [5.41, 5.74) is 1.17. The van der Waals surface area contributed by atoms with Crippen LogP contribution in [-0.4, -0.2) is 37.1 Å². The highest BCUT2D eigenvalue weighted by molar-refractivity contribution is 5.93. The number of nitrogens with zero attached hydrogens (tertiary/aromatic N) is 5. The van der Waals surface area contributed by atoms with Gasteiger partial charge >= 0.3 is 6.18 Å². The Morgan fingerprint density at radius 3 is 2.87 bits per heavy atom. The Kier molecular flexibility index (Phi) is 5.42. The van der Waals surface area contributed by atoms with Gasteiger partial charge < -0.3 is 10.1 Å². The van der Waals surface area contributed by atoms with Gasteiger partial charge in [-0.1, -0.05) is 0 Å². The number of halogens is 3. The Labute approximate surface area is 176 Å². The van der Waals surface area contributed by atoms with Gasteiger partial charge in [0.1, 0.15) is 11.4 Å². The maximum atomic E-state index is 13.0. The molecule has 3 aromatic rings. The normalized spacial score (nSPS) is 16.1. The largest absolute Gasteiger partial charge is 0.477 e. The lowest BCUT2D eigenvalue weighted by Gasteiger charge is -2.22. The minimum atomic E-state index is -4.54. The van der Waals surface area contributed by atoms with Crippen molar-refractivity contribution in [3.8, 4) is 11.6 Å². The maximum Gasteiger partial charge on any atom is 0.433 e. The van der Waals surface area contributed by atoms with Crippen LogP contribution in [0.25, 0.3) is 5.69 Å². The summed E-state index contributed by atoms with van der Waals surface area (Å²) >= 11 is 0. The van der Waals surface area contributed by atoms with E-state index in [0.29, 0.717) is 31.0 Å². The topological polar surface area (TPSA) is 86.9 Å². The number of fused-ring (bicyclic) bond motifs is 1. The van der Waals surface area contributed by atoms with E-state index < -0.39 is 11.9 Å². The molecule has 0 saturated heterocycles. The summed E-state index contributed by atoms with van der Waals surface area (Å²) < 4.78 is 47.2. The van der Waals surface area contributed by atoms with Crippen molar-refractivity contribution in [1.82, 2.24) is 29.9 Å². The lowest BCUT2D eigenvalue weighted by molar-refractivity contribution is -0.141. The van der Waals surface area contributed by atoms with Gasteiger partial charge in [0.25, 0.3) is 5.91 Å². The highest BCUT2D eigenvalue weighted by Crippen LogP contribution is 2.32. The second-order valence-electron chi connectivity index (χ2n) is 7.22. The summed E-state index contributed by atoms with van der Waals surface area (Å²) in [5, 5.41) is 11.6. The van der Waals surface area contributed by atoms with Crippen LogP contribution in [-0.2, 0) is 19.6 Å². The SMILES string of the molecule is CCOc1cc(C(=O)N[C@H]2CCCc3nn(-c4ccnc(C(F)(F)F)c4)cc32)n(C)n1. The van der Waals surface area contributed by atoms with E-state index in [1.54, 1.807) is 19.3 Å². The van der Waals surface area contributed by atoms with Crippen molar-refractivity contribution in [2.75, 3.05) is 6.61 Å². The third-order valence-corrected chi connectivity index (χ3v) is 5.09. The molecule has 1 aliphatic carbocycles. The predicted octanol–water partition coefficient (Wildman–Crippen LogP) is 3.23. The van der Waals surface area contributed by atoms with E-state index in [9.17, 15) is 18.0 Å². The Balaban J connectivity index is 1.58. The minimum absolute atomic E-state index is 0.259. The highest BCUT2D eigenvalue weighted by atomic mass is 19.4. The lowest BCUT2D eigenvalue weighted by Crippen LogP contribution is -2.31. The Morgan fingerprint density at radius 1 is 1.32 bits per heavy atom. The summed E-state index contributed by atoms with van der Waals surface area (Å²) in [5.74, 6) is 0.0558. The number of nitrogens with one attached hydrogen (secondary N) is 1. The molecule has 11 heteroatoms. The van der Waals surface area contributed by atoms with E-state index in [1.807, 2.05) is 6.92 Å². The van der Waals surface area contributed by atoms with Crippen LogP contribution in [0, 0.1) is 0 Å². The molecule has 0 bridgehead atoms. The van der Waals surface area contributed by atoms with Crippen LogP contribution < -0.4 is 10.1 Å². The van der Waals surface area contributed by atoms with Gasteiger partial charge in [-0.2, -0.15) is 18.3 Å². The average Bonchev–Trinajstić information content (AvgIpc) is 3.32. The van der Waals surface area contributed by atoms with Gasteiger partial charge in [-0.25, -0.2) is 4.68 Å². The molecule has 0 fully saturated rings. The molecule has 0 aromatic carbocycles. The van der Waals surface area contributed by atoms with Gasteiger partial charge in [-0.05, 0) is 38.3 Å². The number of aryl methyl sites for hydroxylation is 2. The number of pyridine rings is 1. The fourth-order valence-electron chi connectivity index (χ4n) is 3.64. The molecule has 3 heterocycles. The van der Waals surface area contributed by atoms with Crippen LogP contribution in [0.1, 0.15) is 53.2 Å². The molecular formula is C20H21F3N6O2. The quantitative estimate of drug-likeness (QED) is 0.666. The van der Waals surface area contributed by atoms with Crippen LogP contribution in [0.4, 0.5) is 13.2 Å². The monoisotopic (exact) mass is 434 g/mol. The molecule has 164 valence electrons. The number of alkyl halides is 3. The van der Waals surface area contributed by atoms with Gasteiger partial charge in [-0.15, -0.1) is 5.10 Å². The first kappa shape index (κ1) is 20.9. The number of ether oxygens (including phenoxy) is 1. The fraction of sp³-hybridized carbons (Fsp3) is 0.400. The smallest absolute Gasteiger partial charge is 0.433 e. The first-order valence-electron chi connectivity index (χ1n) is 9.86. The first-order chi connectivity index (χ1) is 14.8. The van der Waals surface area contributed by atoms with E-state index in [2.05, 4.69) is 20.5 Å². The van der Waals surface area contributed by atoms with Gasteiger partial charge in [0.2, 0.25) is 5.88 Å². The molecule has 0 spiro atoms. The number of rotatable bonds is 5. The Morgan fingerprint density at radius 2 is 2.13 bits per heavy atom. The van der Waals surface area contributed by atoms with Crippen LogP contribution in [0.5, 0.6) is 5.88 Å². The fourth-order valence-corrected chi connectivity index (χ4v) is 3.64. The average molecular weight is 434 g/mol. The number of aromatic nitrogens is 5. The third-order valence-electron chi connectivity index (χ3n) is 5.09. The number of amides is 1. The number of carbonyl (C=O) groups is 1. The molecule has 8 nitrogen and oxygen atoms in total. The molecule has 0 unspecified atom stereocenters. The van der Waals surface area contributed by atoms with Gasteiger partial charge in [0.05, 0.1) is 24.0 Å². The van der Waals surface area contributed by atoms with E-state index in [4.69, 9.17) is 4.74 Å². The molecule has 4 rings (SSSR count). The van der Waals surface area contributed by atoms with Crippen molar-refractivity contribution in [3.63, 3.8) is 0 Å². The molecule has 1 aliphatic rings. The number of hydrogen-bond donors (Lipinski definition) is 1.